The summed E-state index contributed by atoms with van der Waals surface area (Å²) < 4.78 is 25.6. The van der Waals surface area contributed by atoms with Crippen molar-refractivity contribution >= 4 is 21.9 Å². The van der Waals surface area contributed by atoms with E-state index in [9.17, 15) is 18.0 Å². The maximum Gasteiger partial charge on any atom is 0.308 e. The molecule has 1 aliphatic heterocycles. The van der Waals surface area contributed by atoms with E-state index in [4.69, 9.17) is 5.11 Å². The summed E-state index contributed by atoms with van der Waals surface area (Å²) in [4.78, 5) is 24.6. The second-order valence-corrected chi connectivity index (χ2v) is 6.70. The second kappa shape index (κ2) is 5.82. The Morgan fingerprint density at radius 3 is 2.67 bits per heavy atom. The maximum atomic E-state index is 12.3. The Hall–Kier alpha value is -1.93. The van der Waals surface area contributed by atoms with Crippen molar-refractivity contribution in [3.05, 3.63) is 29.8 Å². The van der Waals surface area contributed by atoms with Crippen LogP contribution in [0.5, 0.6) is 0 Å². The molecule has 0 bridgehead atoms. The molecule has 7 nitrogen and oxygen atoms in total. The van der Waals surface area contributed by atoms with E-state index in [1.165, 1.54) is 36.2 Å². The number of carboxylic acid groups (broad SMARTS) is 1. The van der Waals surface area contributed by atoms with E-state index in [0.717, 1.165) is 0 Å². The Bertz CT molecular complexity index is 671. The number of aliphatic carboxylic acids is 1. The zero-order valence-corrected chi connectivity index (χ0v) is 12.3. The molecule has 0 saturated carbocycles. The van der Waals surface area contributed by atoms with Crippen molar-refractivity contribution in [2.75, 3.05) is 20.1 Å². The predicted octanol–water partition coefficient (Wildman–Crippen LogP) is 0.141. The lowest BCUT2D eigenvalue weighted by Gasteiger charge is -2.16. The molecule has 1 amide bonds. The van der Waals surface area contributed by atoms with E-state index in [2.05, 4.69) is 4.72 Å². The average molecular weight is 312 g/mol. The molecule has 0 unspecified atom stereocenters. The Balaban J connectivity index is 2.21. The van der Waals surface area contributed by atoms with Gasteiger partial charge in [0.25, 0.3) is 5.91 Å². The van der Waals surface area contributed by atoms with Gasteiger partial charge in [-0.15, -0.1) is 0 Å². The maximum absolute atomic E-state index is 12.3. The molecule has 1 fully saturated rings. The van der Waals surface area contributed by atoms with Gasteiger partial charge in [0.05, 0.1) is 10.8 Å². The van der Waals surface area contributed by atoms with Crippen molar-refractivity contribution in [2.45, 2.75) is 11.3 Å². The quantitative estimate of drug-likeness (QED) is 0.823. The van der Waals surface area contributed by atoms with Gasteiger partial charge in [-0.1, -0.05) is 6.07 Å². The van der Waals surface area contributed by atoms with Crippen molar-refractivity contribution in [3.63, 3.8) is 0 Å². The Morgan fingerprint density at radius 2 is 2.10 bits per heavy atom. The third-order valence-corrected chi connectivity index (χ3v) is 4.90. The van der Waals surface area contributed by atoms with Gasteiger partial charge in [0, 0.05) is 18.7 Å². The fraction of sp³-hybridized carbons (Fsp3) is 0.385. The van der Waals surface area contributed by atoms with Crippen LogP contribution in [-0.4, -0.2) is 50.4 Å². The van der Waals surface area contributed by atoms with Gasteiger partial charge in [-0.25, -0.2) is 13.1 Å². The van der Waals surface area contributed by atoms with Gasteiger partial charge in [-0.05, 0) is 31.7 Å². The number of amides is 1. The van der Waals surface area contributed by atoms with E-state index in [1.54, 1.807) is 0 Å². The zero-order chi connectivity index (χ0) is 15.6. The fourth-order valence-electron chi connectivity index (χ4n) is 2.24. The molecule has 0 aliphatic carbocycles. The van der Waals surface area contributed by atoms with Crippen molar-refractivity contribution in [1.82, 2.24) is 9.62 Å². The SMILES string of the molecule is CNS(=O)(=O)c1cccc(C(=O)N2CC[C@H](C(=O)O)C2)c1. The minimum atomic E-state index is -3.62. The number of carboxylic acids is 1. The number of sulfonamides is 1. The molecule has 1 atom stereocenters. The van der Waals surface area contributed by atoms with Crippen LogP contribution in [0, 0.1) is 5.92 Å². The number of likely N-dealkylation sites (tertiary alicyclic amines) is 1. The third-order valence-electron chi connectivity index (χ3n) is 3.48. The molecular weight excluding hydrogens is 296 g/mol. The monoisotopic (exact) mass is 312 g/mol. The highest BCUT2D eigenvalue weighted by Gasteiger charge is 2.31. The lowest BCUT2D eigenvalue weighted by atomic mass is 10.1. The molecule has 1 saturated heterocycles. The number of carbonyl (C=O) groups is 2. The molecule has 8 heteroatoms. The summed E-state index contributed by atoms with van der Waals surface area (Å²) in [5, 5.41) is 8.94. The second-order valence-electron chi connectivity index (χ2n) is 4.81. The number of carbonyl (C=O) groups excluding carboxylic acids is 1. The Kier molecular flexibility index (Phi) is 4.29. The van der Waals surface area contributed by atoms with Crippen LogP contribution >= 0.6 is 0 Å². The van der Waals surface area contributed by atoms with Crippen LogP contribution in [0.3, 0.4) is 0 Å². The summed E-state index contributed by atoms with van der Waals surface area (Å²) in [6.45, 7) is 0.510. The topological polar surface area (TPSA) is 104 Å². The number of hydrogen-bond acceptors (Lipinski definition) is 4. The van der Waals surface area contributed by atoms with Gasteiger partial charge in [0.1, 0.15) is 0 Å². The van der Waals surface area contributed by atoms with E-state index >= 15 is 0 Å². The third kappa shape index (κ3) is 3.22. The first kappa shape index (κ1) is 15.5. The highest BCUT2D eigenvalue weighted by atomic mass is 32.2. The molecule has 114 valence electrons. The van der Waals surface area contributed by atoms with Crippen LogP contribution < -0.4 is 4.72 Å². The van der Waals surface area contributed by atoms with Crippen LogP contribution in [0.2, 0.25) is 0 Å². The minimum absolute atomic E-state index is 0.00447. The van der Waals surface area contributed by atoms with Crippen LogP contribution in [-0.2, 0) is 14.8 Å². The summed E-state index contributed by atoms with van der Waals surface area (Å²) in [6, 6.07) is 5.70. The number of hydrogen-bond donors (Lipinski definition) is 2. The van der Waals surface area contributed by atoms with Crippen molar-refractivity contribution in [2.24, 2.45) is 5.92 Å². The number of benzene rings is 1. The predicted molar refractivity (Wildman–Crippen MR) is 74.3 cm³/mol. The van der Waals surface area contributed by atoms with Gasteiger partial charge in [0.2, 0.25) is 10.0 Å². The van der Waals surface area contributed by atoms with Gasteiger partial charge < -0.3 is 10.0 Å². The molecule has 0 spiro atoms. The van der Waals surface area contributed by atoms with E-state index < -0.39 is 21.9 Å². The van der Waals surface area contributed by atoms with E-state index in [1.807, 2.05) is 0 Å². The van der Waals surface area contributed by atoms with Gasteiger partial charge in [0.15, 0.2) is 0 Å². The summed E-state index contributed by atoms with van der Waals surface area (Å²) in [5.74, 6) is -1.83. The van der Waals surface area contributed by atoms with Crippen molar-refractivity contribution < 1.29 is 23.1 Å². The first-order valence-corrected chi connectivity index (χ1v) is 7.89. The molecule has 0 aromatic heterocycles. The first-order valence-electron chi connectivity index (χ1n) is 6.41. The average Bonchev–Trinajstić information content (AvgIpc) is 2.96. The number of nitrogens with zero attached hydrogens (tertiary/aromatic N) is 1. The highest BCUT2D eigenvalue weighted by Crippen LogP contribution is 2.20. The molecular formula is C13H16N2O5S. The normalized spacial score (nSPS) is 18.7. The molecule has 2 rings (SSSR count). The molecule has 1 aromatic carbocycles. The summed E-state index contributed by atoms with van der Waals surface area (Å²) >= 11 is 0. The number of rotatable bonds is 4. The van der Waals surface area contributed by atoms with Gasteiger partial charge in [-0.2, -0.15) is 0 Å². The lowest BCUT2D eigenvalue weighted by Crippen LogP contribution is -2.30. The number of nitrogens with one attached hydrogen (secondary N) is 1. The van der Waals surface area contributed by atoms with Crippen LogP contribution in [0.15, 0.2) is 29.2 Å². The minimum Gasteiger partial charge on any atom is -0.481 e. The summed E-state index contributed by atoms with van der Waals surface area (Å²) in [7, 11) is -2.32. The molecule has 2 N–H and O–H groups in total. The van der Waals surface area contributed by atoms with E-state index in [-0.39, 0.29) is 22.9 Å². The highest BCUT2D eigenvalue weighted by molar-refractivity contribution is 7.89. The Labute approximate surface area is 122 Å². The first-order chi connectivity index (χ1) is 9.85. The van der Waals surface area contributed by atoms with Crippen molar-refractivity contribution in [3.8, 4) is 0 Å². The van der Waals surface area contributed by atoms with Crippen LogP contribution in [0.1, 0.15) is 16.8 Å². The standard InChI is InChI=1S/C13H16N2O5S/c1-14-21(19,20)11-4-2-3-9(7-11)12(16)15-6-5-10(8-15)13(17)18/h2-4,7,10,14H,5-6,8H2,1H3,(H,17,18)/t10-/m0/s1. The Morgan fingerprint density at radius 1 is 1.38 bits per heavy atom. The van der Waals surface area contributed by atoms with Gasteiger partial charge in [-0.3, -0.25) is 9.59 Å². The van der Waals surface area contributed by atoms with Crippen molar-refractivity contribution in [1.29, 1.82) is 0 Å². The van der Waals surface area contributed by atoms with E-state index in [0.29, 0.717) is 13.0 Å². The largest absolute Gasteiger partial charge is 0.481 e. The molecule has 0 radical (unpaired) electrons. The lowest BCUT2D eigenvalue weighted by molar-refractivity contribution is -0.141. The zero-order valence-electron chi connectivity index (χ0n) is 11.4. The van der Waals surface area contributed by atoms with Crippen LogP contribution in [0.4, 0.5) is 0 Å². The summed E-state index contributed by atoms with van der Waals surface area (Å²) in [5.41, 5.74) is 0.234. The van der Waals surface area contributed by atoms with Gasteiger partial charge >= 0.3 is 5.97 Å². The molecule has 1 aliphatic rings. The molecule has 1 aromatic rings. The smallest absolute Gasteiger partial charge is 0.308 e. The fourth-order valence-corrected chi connectivity index (χ4v) is 3.02. The molecule has 1 heterocycles. The van der Waals surface area contributed by atoms with Crippen LogP contribution in [0.25, 0.3) is 0 Å². The summed E-state index contributed by atoms with van der Waals surface area (Å²) in [6.07, 6.45) is 0.412. The molecule has 21 heavy (non-hydrogen) atoms.